The lowest BCUT2D eigenvalue weighted by molar-refractivity contribution is -0.206. The molecule has 2 rings (SSSR count). The number of hydrogen-bond acceptors (Lipinski definition) is 2. The van der Waals surface area contributed by atoms with E-state index in [1.54, 1.807) is 0 Å². The van der Waals surface area contributed by atoms with Gasteiger partial charge in [0.25, 0.3) is 0 Å². The lowest BCUT2D eigenvalue weighted by atomic mass is 10.0. The summed E-state index contributed by atoms with van der Waals surface area (Å²) in [4.78, 5) is 0. The zero-order chi connectivity index (χ0) is 16.2. The fraction of sp³-hybridized carbons (Fsp3) is 0.500. The summed E-state index contributed by atoms with van der Waals surface area (Å²) in [5.74, 6) is -0.944. The van der Waals surface area contributed by atoms with Crippen molar-refractivity contribution in [3.63, 3.8) is 0 Å². The molecule has 0 bridgehead atoms. The van der Waals surface area contributed by atoms with Crippen LogP contribution in [0.5, 0.6) is 0 Å². The Morgan fingerprint density at radius 3 is 2.27 bits per heavy atom. The lowest BCUT2D eigenvalue weighted by Gasteiger charge is -2.29. The van der Waals surface area contributed by atoms with Crippen LogP contribution in [-0.2, 0) is 9.47 Å². The monoisotopic (exact) mass is 318 g/mol. The molecular weight excluding hydrogens is 300 g/mol. The number of benzene rings is 1. The van der Waals surface area contributed by atoms with Crippen molar-refractivity contribution in [2.75, 3.05) is 13.2 Å². The highest BCUT2D eigenvalue weighted by Gasteiger charge is 2.26. The smallest absolute Gasteiger partial charge is 0.348 e. The molecule has 0 saturated carbocycles. The molecule has 6 heteroatoms. The summed E-state index contributed by atoms with van der Waals surface area (Å²) in [6, 6.07) is 5.61. The van der Waals surface area contributed by atoms with Crippen molar-refractivity contribution in [1.29, 1.82) is 0 Å². The minimum atomic E-state index is -4.67. The van der Waals surface area contributed by atoms with Crippen LogP contribution in [0.1, 0.15) is 37.2 Å². The van der Waals surface area contributed by atoms with Crippen LogP contribution in [0.4, 0.5) is 17.6 Å². The second-order valence-electron chi connectivity index (χ2n) is 5.31. The Balaban J connectivity index is 2.00. The second kappa shape index (κ2) is 7.24. The van der Waals surface area contributed by atoms with Crippen LogP contribution in [0, 0.1) is 5.92 Å². The Labute approximate surface area is 126 Å². The Hall–Kier alpha value is -1.40. The molecular formula is C16H18F4O2. The summed E-state index contributed by atoms with van der Waals surface area (Å²) in [5.41, 5.74) is 0.541. The van der Waals surface area contributed by atoms with Gasteiger partial charge in [0.1, 0.15) is 5.83 Å². The predicted octanol–water partition coefficient (Wildman–Crippen LogP) is 5.02. The number of alkyl halides is 3. The van der Waals surface area contributed by atoms with E-state index in [2.05, 4.69) is 6.92 Å². The van der Waals surface area contributed by atoms with Crippen molar-refractivity contribution in [3.05, 3.63) is 41.5 Å². The first-order valence-corrected chi connectivity index (χ1v) is 7.17. The molecule has 0 unspecified atom stereocenters. The molecule has 2 nitrogen and oxygen atoms in total. The highest BCUT2D eigenvalue weighted by molar-refractivity contribution is 5.59. The second-order valence-corrected chi connectivity index (χ2v) is 5.31. The SMILES string of the molecule is CCCC1COC(c2ccc(C(F)=CC(F)(F)F)cc2)OC1. The topological polar surface area (TPSA) is 18.5 Å². The van der Waals surface area contributed by atoms with Gasteiger partial charge in [-0.25, -0.2) is 4.39 Å². The average molecular weight is 318 g/mol. The van der Waals surface area contributed by atoms with Gasteiger partial charge in [0.15, 0.2) is 6.29 Å². The molecule has 22 heavy (non-hydrogen) atoms. The van der Waals surface area contributed by atoms with Crippen molar-refractivity contribution in [1.82, 2.24) is 0 Å². The van der Waals surface area contributed by atoms with Gasteiger partial charge in [0.2, 0.25) is 0 Å². The lowest BCUT2D eigenvalue weighted by Crippen LogP contribution is -2.26. The molecule has 0 spiro atoms. The number of allylic oxidation sites excluding steroid dienone is 1. The van der Waals surface area contributed by atoms with Crippen molar-refractivity contribution in [2.24, 2.45) is 5.92 Å². The Morgan fingerprint density at radius 1 is 1.18 bits per heavy atom. The third kappa shape index (κ3) is 4.81. The third-order valence-electron chi connectivity index (χ3n) is 3.41. The summed E-state index contributed by atoms with van der Waals surface area (Å²) in [5, 5.41) is 0. The minimum absolute atomic E-state index is 0.124. The van der Waals surface area contributed by atoms with Crippen molar-refractivity contribution < 1.29 is 27.0 Å². The van der Waals surface area contributed by atoms with Gasteiger partial charge in [0.05, 0.1) is 19.3 Å². The standard InChI is InChI=1S/C16H18F4O2/c1-2-3-11-9-21-15(22-10-11)13-6-4-12(5-7-13)14(17)8-16(18,19)20/h4-8,11,15H,2-3,9-10H2,1H3. The Morgan fingerprint density at radius 2 is 1.77 bits per heavy atom. The highest BCUT2D eigenvalue weighted by Crippen LogP contribution is 2.29. The molecule has 0 amide bonds. The Bertz CT molecular complexity index is 500. The van der Waals surface area contributed by atoms with Crippen LogP contribution in [0.15, 0.2) is 30.3 Å². The van der Waals surface area contributed by atoms with Gasteiger partial charge < -0.3 is 9.47 Å². The molecule has 1 saturated heterocycles. The fourth-order valence-corrected chi connectivity index (χ4v) is 2.34. The molecule has 0 N–H and O–H groups in total. The maximum absolute atomic E-state index is 13.4. The van der Waals surface area contributed by atoms with Gasteiger partial charge in [-0.2, -0.15) is 13.2 Å². The molecule has 1 fully saturated rings. The molecule has 0 atom stereocenters. The van der Waals surface area contributed by atoms with E-state index >= 15 is 0 Å². The van der Waals surface area contributed by atoms with E-state index in [1.807, 2.05) is 0 Å². The normalized spacial score (nSPS) is 23.6. The first kappa shape index (κ1) is 17.0. The number of hydrogen-bond donors (Lipinski definition) is 0. The summed E-state index contributed by atoms with van der Waals surface area (Å²) in [7, 11) is 0. The maximum atomic E-state index is 13.4. The van der Waals surface area contributed by atoms with Gasteiger partial charge in [-0.3, -0.25) is 0 Å². The third-order valence-corrected chi connectivity index (χ3v) is 3.41. The molecule has 1 aromatic rings. The average Bonchev–Trinajstić information content (AvgIpc) is 2.47. The van der Waals surface area contributed by atoms with Gasteiger partial charge in [-0.05, 0) is 6.42 Å². The molecule has 1 aromatic carbocycles. The van der Waals surface area contributed by atoms with Gasteiger partial charge >= 0.3 is 6.18 Å². The molecule has 122 valence electrons. The number of rotatable bonds is 4. The molecule has 0 radical (unpaired) electrons. The number of halogens is 4. The first-order valence-electron chi connectivity index (χ1n) is 7.17. The summed E-state index contributed by atoms with van der Waals surface area (Å²) >= 11 is 0. The van der Waals surface area contributed by atoms with E-state index in [0.717, 1.165) is 12.8 Å². The molecule has 1 heterocycles. The summed E-state index contributed by atoms with van der Waals surface area (Å²) in [6.07, 6.45) is -3.49. The quantitative estimate of drug-likeness (QED) is 0.726. The van der Waals surface area contributed by atoms with E-state index in [9.17, 15) is 17.6 Å². The summed E-state index contributed by atoms with van der Waals surface area (Å²) < 4.78 is 60.9. The van der Waals surface area contributed by atoms with Crippen molar-refractivity contribution in [3.8, 4) is 0 Å². The van der Waals surface area contributed by atoms with Crippen LogP contribution in [0.25, 0.3) is 5.83 Å². The summed E-state index contributed by atoms with van der Waals surface area (Å²) in [6.45, 7) is 3.26. The number of ether oxygens (including phenoxy) is 2. The highest BCUT2D eigenvalue weighted by atomic mass is 19.4. The fourth-order valence-electron chi connectivity index (χ4n) is 2.34. The maximum Gasteiger partial charge on any atom is 0.412 e. The van der Waals surface area contributed by atoms with Crippen LogP contribution in [0.3, 0.4) is 0 Å². The van der Waals surface area contributed by atoms with Gasteiger partial charge in [-0.15, -0.1) is 0 Å². The minimum Gasteiger partial charge on any atom is -0.348 e. The largest absolute Gasteiger partial charge is 0.412 e. The van der Waals surface area contributed by atoms with Gasteiger partial charge in [0, 0.05) is 17.0 Å². The van der Waals surface area contributed by atoms with Gasteiger partial charge in [-0.1, -0.05) is 37.6 Å². The van der Waals surface area contributed by atoms with Crippen molar-refractivity contribution >= 4 is 5.83 Å². The van der Waals surface area contributed by atoms with E-state index in [0.29, 0.717) is 24.7 Å². The van der Waals surface area contributed by atoms with Crippen molar-refractivity contribution in [2.45, 2.75) is 32.2 Å². The zero-order valence-electron chi connectivity index (χ0n) is 12.2. The molecule has 1 aliphatic heterocycles. The van der Waals surface area contributed by atoms with E-state index in [4.69, 9.17) is 9.47 Å². The molecule has 1 aliphatic rings. The van der Waals surface area contributed by atoms with Crippen LogP contribution >= 0.6 is 0 Å². The predicted molar refractivity (Wildman–Crippen MR) is 74.6 cm³/mol. The molecule has 0 aliphatic carbocycles. The molecule has 0 aromatic heterocycles. The Kier molecular flexibility index (Phi) is 5.58. The first-order chi connectivity index (χ1) is 10.4. The van der Waals surface area contributed by atoms with Crippen LogP contribution in [0.2, 0.25) is 0 Å². The van der Waals surface area contributed by atoms with E-state index in [-0.39, 0.29) is 11.6 Å². The van der Waals surface area contributed by atoms with E-state index < -0.39 is 18.3 Å². The van der Waals surface area contributed by atoms with Crippen LogP contribution in [-0.4, -0.2) is 19.4 Å². The van der Waals surface area contributed by atoms with Crippen LogP contribution < -0.4 is 0 Å². The zero-order valence-corrected chi connectivity index (χ0v) is 12.2. The van der Waals surface area contributed by atoms with E-state index in [1.165, 1.54) is 24.3 Å².